The topological polar surface area (TPSA) is 79.7 Å². The highest BCUT2D eigenvalue weighted by molar-refractivity contribution is 8.02. The number of rotatable bonds is 8. The number of carbonyl (C=O) groups excluding carboxylic acids is 1. The predicted octanol–water partition coefficient (Wildman–Crippen LogP) is 3.90. The molecule has 0 saturated carbocycles. The van der Waals surface area contributed by atoms with Gasteiger partial charge in [0.25, 0.3) is 0 Å². The number of aliphatic imine (C=N–C) groups is 1. The Kier molecular flexibility index (Phi) is 10.3. The van der Waals surface area contributed by atoms with Crippen LogP contribution in [-0.2, 0) is 9.63 Å². The molecule has 0 fully saturated rings. The van der Waals surface area contributed by atoms with Gasteiger partial charge in [0.05, 0.1) is 34.3 Å². The molecule has 1 amide bonds. The van der Waals surface area contributed by atoms with Gasteiger partial charge in [0.15, 0.2) is 0 Å². The highest BCUT2D eigenvalue weighted by Crippen LogP contribution is 2.28. The zero-order valence-electron chi connectivity index (χ0n) is 16.2. The average molecular weight is 408 g/mol. The van der Waals surface area contributed by atoms with Crippen molar-refractivity contribution in [3.05, 3.63) is 44.9 Å². The first kappa shape index (κ1) is 22.8. The third-order valence-electron chi connectivity index (χ3n) is 3.19. The summed E-state index contributed by atoms with van der Waals surface area (Å²) in [5.41, 5.74) is 3.04. The molecule has 0 spiro atoms. The summed E-state index contributed by atoms with van der Waals surface area (Å²) in [4.78, 5) is 27.8. The van der Waals surface area contributed by atoms with Crippen LogP contribution in [0.5, 0.6) is 0 Å². The summed E-state index contributed by atoms with van der Waals surface area (Å²) < 4.78 is 0. The molecule has 0 aliphatic rings. The lowest BCUT2D eigenvalue weighted by atomic mass is 10.3. The third kappa shape index (κ3) is 8.33. The molecule has 0 aliphatic heterocycles. The minimum Gasteiger partial charge on any atom is -0.361 e. The van der Waals surface area contributed by atoms with Crippen LogP contribution in [0.3, 0.4) is 0 Å². The van der Waals surface area contributed by atoms with E-state index >= 15 is 0 Å². The number of thioether (sulfide) groups is 1. The maximum absolute atomic E-state index is 9.54. The van der Waals surface area contributed by atoms with Crippen LogP contribution in [0.2, 0.25) is 0 Å². The summed E-state index contributed by atoms with van der Waals surface area (Å²) in [5, 5.41) is 7.38. The molecule has 2 rings (SSSR count). The molecule has 9 heteroatoms. The first-order valence-electron chi connectivity index (χ1n) is 8.03. The zero-order chi connectivity index (χ0) is 20.2. The summed E-state index contributed by atoms with van der Waals surface area (Å²) >= 11 is 3.27. The van der Waals surface area contributed by atoms with Crippen molar-refractivity contribution in [2.45, 2.75) is 20.8 Å². The maximum Gasteiger partial charge on any atom is 0.233 e. The molecule has 2 aromatic rings. The molecule has 0 unspecified atom stereocenters. The SMILES string of the molecule is C=N/C(=C\SCNc1ccc(C)cn1)c1sc(C)nc1C.CON(C)C=O. The first-order chi connectivity index (χ1) is 12.9. The number of pyridine rings is 1. The quantitative estimate of drug-likeness (QED) is 0.235. The first-order valence-corrected chi connectivity index (χ1v) is 9.89. The fourth-order valence-corrected chi connectivity index (χ4v) is 3.42. The summed E-state index contributed by atoms with van der Waals surface area (Å²) in [6.07, 6.45) is 2.43. The van der Waals surface area contributed by atoms with Gasteiger partial charge in [-0.2, -0.15) is 0 Å². The van der Waals surface area contributed by atoms with Crippen molar-refractivity contribution in [2.75, 3.05) is 25.4 Å². The second kappa shape index (κ2) is 12.2. The van der Waals surface area contributed by atoms with Crippen LogP contribution in [0.1, 0.15) is 21.1 Å². The Labute approximate surface area is 168 Å². The monoisotopic (exact) mass is 407 g/mol. The van der Waals surface area contributed by atoms with Gasteiger partial charge in [0.2, 0.25) is 6.41 Å². The highest BCUT2D eigenvalue weighted by Gasteiger charge is 2.08. The molecule has 0 aromatic carbocycles. The van der Waals surface area contributed by atoms with Crippen molar-refractivity contribution in [3.63, 3.8) is 0 Å². The molecule has 0 radical (unpaired) electrons. The van der Waals surface area contributed by atoms with E-state index in [0.717, 1.165) is 43.6 Å². The van der Waals surface area contributed by atoms with Crippen LogP contribution in [0.15, 0.2) is 28.7 Å². The van der Waals surface area contributed by atoms with Crippen molar-refractivity contribution in [3.8, 4) is 0 Å². The van der Waals surface area contributed by atoms with E-state index in [1.165, 1.54) is 14.2 Å². The van der Waals surface area contributed by atoms with Gasteiger partial charge in [0, 0.05) is 13.2 Å². The molecule has 0 aliphatic carbocycles. The molecule has 146 valence electrons. The Bertz CT molecular complexity index is 760. The van der Waals surface area contributed by atoms with E-state index in [4.69, 9.17) is 0 Å². The molecule has 0 bridgehead atoms. The Hall–Kier alpha value is -2.23. The fourth-order valence-electron chi connectivity index (χ4n) is 1.78. The van der Waals surface area contributed by atoms with Gasteiger partial charge in [0.1, 0.15) is 5.82 Å². The van der Waals surface area contributed by atoms with Gasteiger partial charge in [-0.3, -0.25) is 14.6 Å². The van der Waals surface area contributed by atoms with E-state index in [9.17, 15) is 4.79 Å². The molecule has 2 heterocycles. The van der Waals surface area contributed by atoms with Crippen molar-refractivity contribution in [2.24, 2.45) is 4.99 Å². The van der Waals surface area contributed by atoms with Crippen molar-refractivity contribution < 1.29 is 9.63 Å². The predicted molar refractivity (Wildman–Crippen MR) is 115 cm³/mol. The fraction of sp³-hybridized carbons (Fsp3) is 0.333. The number of amides is 1. The van der Waals surface area contributed by atoms with Crippen molar-refractivity contribution >= 4 is 47.7 Å². The number of anilines is 1. The lowest BCUT2D eigenvalue weighted by Crippen LogP contribution is -2.12. The smallest absolute Gasteiger partial charge is 0.233 e. The van der Waals surface area contributed by atoms with Gasteiger partial charge in [-0.15, -0.1) is 23.1 Å². The van der Waals surface area contributed by atoms with Gasteiger partial charge >= 0.3 is 0 Å². The zero-order valence-corrected chi connectivity index (χ0v) is 17.9. The van der Waals surface area contributed by atoms with Crippen LogP contribution in [0.4, 0.5) is 5.82 Å². The number of hydroxylamine groups is 2. The third-order valence-corrected chi connectivity index (χ3v) is 4.98. The van der Waals surface area contributed by atoms with Crippen LogP contribution in [0.25, 0.3) is 5.70 Å². The van der Waals surface area contributed by atoms with E-state index in [1.807, 2.05) is 44.5 Å². The van der Waals surface area contributed by atoms with E-state index in [-0.39, 0.29) is 0 Å². The molecule has 0 atom stereocenters. The number of nitrogens with zero attached hydrogens (tertiary/aromatic N) is 4. The molecular weight excluding hydrogens is 382 g/mol. The summed E-state index contributed by atoms with van der Waals surface area (Å²) in [6, 6.07) is 4.01. The van der Waals surface area contributed by atoms with E-state index in [1.54, 1.807) is 23.1 Å². The standard InChI is InChI=1S/C15H18N4S2.C3H7NO2/c1-10-5-6-14(17-7-10)18-9-20-8-13(16-4)15-11(2)19-12(3)21-15;1-4(3-5)6-2/h5-8H,4,9H2,1-3H3,(H,17,18);3H,1-2H3/b13-8-;. The number of hydrogen-bond donors (Lipinski definition) is 1. The lowest BCUT2D eigenvalue weighted by Gasteiger charge is -2.04. The Balaban J connectivity index is 0.000000527. The van der Waals surface area contributed by atoms with Gasteiger partial charge in [-0.1, -0.05) is 6.07 Å². The highest BCUT2D eigenvalue weighted by atomic mass is 32.2. The lowest BCUT2D eigenvalue weighted by molar-refractivity contribution is -0.153. The van der Waals surface area contributed by atoms with Crippen molar-refractivity contribution in [1.82, 2.24) is 15.0 Å². The van der Waals surface area contributed by atoms with E-state index in [2.05, 4.69) is 31.8 Å². The summed E-state index contributed by atoms with van der Waals surface area (Å²) in [7, 11) is 2.95. The minimum atomic E-state index is 0.583. The van der Waals surface area contributed by atoms with Crippen LogP contribution in [0, 0.1) is 20.8 Å². The van der Waals surface area contributed by atoms with Gasteiger partial charge in [-0.25, -0.2) is 15.0 Å². The normalized spacial score (nSPS) is 10.6. The van der Waals surface area contributed by atoms with Crippen molar-refractivity contribution in [1.29, 1.82) is 0 Å². The average Bonchev–Trinajstić information content (AvgIpc) is 3.01. The van der Waals surface area contributed by atoms with Crippen LogP contribution >= 0.6 is 23.1 Å². The molecule has 1 N–H and O–H groups in total. The van der Waals surface area contributed by atoms with Crippen LogP contribution < -0.4 is 5.32 Å². The molecular formula is C18H25N5O2S2. The Morgan fingerprint density at radius 3 is 2.63 bits per heavy atom. The van der Waals surface area contributed by atoms with Crippen LogP contribution in [-0.4, -0.2) is 48.2 Å². The maximum atomic E-state index is 9.54. The van der Waals surface area contributed by atoms with E-state index < -0.39 is 0 Å². The molecule has 2 aromatic heterocycles. The number of carbonyl (C=O) groups is 1. The van der Waals surface area contributed by atoms with Gasteiger partial charge in [-0.05, 0) is 44.5 Å². The molecule has 0 saturated heterocycles. The number of hydrogen-bond acceptors (Lipinski definition) is 8. The molecule has 27 heavy (non-hydrogen) atoms. The second-order valence-corrected chi connectivity index (χ2v) is 7.41. The largest absolute Gasteiger partial charge is 0.361 e. The summed E-state index contributed by atoms with van der Waals surface area (Å²) in [6.45, 7) is 9.67. The second-order valence-electron chi connectivity index (χ2n) is 5.35. The number of aromatic nitrogens is 2. The summed E-state index contributed by atoms with van der Waals surface area (Å²) in [5.74, 6) is 1.60. The Morgan fingerprint density at radius 2 is 2.19 bits per heavy atom. The Morgan fingerprint density at radius 1 is 1.44 bits per heavy atom. The number of nitrogens with one attached hydrogen (secondary N) is 1. The number of thiazole rings is 1. The number of aryl methyl sites for hydroxylation is 3. The van der Waals surface area contributed by atoms with E-state index in [0.29, 0.717) is 6.41 Å². The molecule has 7 nitrogen and oxygen atoms in total. The minimum absolute atomic E-state index is 0.583. The van der Waals surface area contributed by atoms with Gasteiger partial charge < -0.3 is 5.32 Å².